The molecule has 0 aliphatic heterocycles. The predicted molar refractivity (Wildman–Crippen MR) is 105 cm³/mol. The lowest BCUT2D eigenvalue weighted by Crippen LogP contribution is -2.13. The van der Waals surface area contributed by atoms with E-state index in [9.17, 15) is 26.0 Å². The highest BCUT2D eigenvalue weighted by atomic mass is 32.2. The van der Waals surface area contributed by atoms with Crippen LogP contribution in [0.4, 0.5) is 17.6 Å². The Labute approximate surface area is 175 Å². The maximum absolute atomic E-state index is 14.3. The van der Waals surface area contributed by atoms with E-state index in [0.29, 0.717) is 4.68 Å². The fourth-order valence-electron chi connectivity index (χ4n) is 3.06. The Morgan fingerprint density at radius 3 is 2.39 bits per heavy atom. The normalized spacial score (nSPS) is 11.7. The summed E-state index contributed by atoms with van der Waals surface area (Å²) in [6.07, 6.45) is -4.95. The van der Waals surface area contributed by atoms with Crippen molar-refractivity contribution in [2.24, 2.45) is 5.14 Å². The molecule has 0 unspecified atom stereocenters. The first-order valence-electron chi connectivity index (χ1n) is 8.58. The molecule has 31 heavy (non-hydrogen) atoms. The second kappa shape index (κ2) is 8.05. The number of methoxy groups -OCH3 is 1. The third-order valence-corrected chi connectivity index (χ3v) is 5.23. The Morgan fingerprint density at radius 2 is 1.84 bits per heavy atom. The molecule has 6 nitrogen and oxygen atoms in total. The Bertz CT molecular complexity index is 1320. The summed E-state index contributed by atoms with van der Waals surface area (Å²) in [6, 6.07) is 10.6. The molecule has 2 N–H and O–H groups in total. The number of hydrogen-bond donors (Lipinski definition) is 1. The molecule has 0 amide bonds. The van der Waals surface area contributed by atoms with Gasteiger partial charge in [-0.1, -0.05) is 30.2 Å². The van der Waals surface area contributed by atoms with Gasteiger partial charge in [0.05, 0.1) is 12.0 Å². The molecular weight excluding hydrogens is 438 g/mol. The lowest BCUT2D eigenvalue weighted by molar-refractivity contribution is -0.142. The van der Waals surface area contributed by atoms with Gasteiger partial charge in [-0.25, -0.2) is 17.9 Å². The maximum Gasteiger partial charge on any atom is 0.434 e. The van der Waals surface area contributed by atoms with E-state index in [1.165, 1.54) is 38.3 Å². The number of nitrogens with two attached hydrogens (primary N) is 1. The molecule has 3 rings (SSSR count). The van der Waals surface area contributed by atoms with E-state index in [1.807, 2.05) is 0 Å². The van der Waals surface area contributed by atoms with Crippen molar-refractivity contribution >= 4 is 10.0 Å². The van der Waals surface area contributed by atoms with Crippen molar-refractivity contribution in [2.75, 3.05) is 7.11 Å². The third kappa shape index (κ3) is 4.26. The van der Waals surface area contributed by atoms with Gasteiger partial charge < -0.3 is 4.74 Å². The summed E-state index contributed by atoms with van der Waals surface area (Å²) >= 11 is 0. The van der Waals surface area contributed by atoms with Crippen LogP contribution in [0.5, 0.6) is 5.75 Å². The van der Waals surface area contributed by atoms with Gasteiger partial charge in [-0.15, -0.1) is 0 Å². The van der Waals surface area contributed by atoms with E-state index in [-0.39, 0.29) is 22.6 Å². The SMILES string of the molecule is CC#Cn1nc(-c2ccccc2S(N)(=O)=O)c(-c2ccc(OC)c(F)c2)c1C(F)(F)F. The quantitative estimate of drug-likeness (QED) is 0.480. The van der Waals surface area contributed by atoms with E-state index < -0.39 is 38.2 Å². The molecule has 3 aromatic rings. The number of rotatable bonds is 4. The van der Waals surface area contributed by atoms with Crippen LogP contribution in [0.2, 0.25) is 0 Å². The molecule has 1 aromatic heterocycles. The average molecular weight is 453 g/mol. The number of benzene rings is 2. The van der Waals surface area contributed by atoms with Crippen molar-refractivity contribution in [3.05, 3.63) is 54.0 Å². The Balaban J connectivity index is 2.49. The van der Waals surface area contributed by atoms with E-state index in [4.69, 9.17) is 9.88 Å². The van der Waals surface area contributed by atoms with E-state index in [1.54, 1.807) is 0 Å². The van der Waals surface area contributed by atoms with Crippen molar-refractivity contribution in [1.29, 1.82) is 0 Å². The van der Waals surface area contributed by atoms with Gasteiger partial charge in [-0.05, 0) is 30.7 Å². The lowest BCUT2D eigenvalue weighted by atomic mass is 9.98. The number of primary sulfonamides is 1. The minimum Gasteiger partial charge on any atom is -0.494 e. The molecule has 1 heterocycles. The van der Waals surface area contributed by atoms with Gasteiger partial charge in [-0.2, -0.15) is 23.0 Å². The molecule has 11 heteroatoms. The number of halogens is 4. The average Bonchev–Trinajstić information content (AvgIpc) is 3.07. The molecule has 0 aliphatic rings. The fraction of sp³-hybridized carbons (Fsp3) is 0.150. The van der Waals surface area contributed by atoms with Gasteiger partial charge in [0, 0.05) is 17.2 Å². The number of ether oxygens (including phenoxy) is 1. The van der Waals surface area contributed by atoms with E-state index in [0.717, 1.165) is 18.2 Å². The van der Waals surface area contributed by atoms with Gasteiger partial charge >= 0.3 is 6.18 Å². The van der Waals surface area contributed by atoms with E-state index in [2.05, 4.69) is 17.1 Å². The molecule has 0 aliphatic carbocycles. The first kappa shape index (κ1) is 22.3. The van der Waals surface area contributed by atoms with Gasteiger partial charge in [0.15, 0.2) is 17.3 Å². The molecule has 0 spiro atoms. The largest absolute Gasteiger partial charge is 0.494 e. The smallest absolute Gasteiger partial charge is 0.434 e. The van der Waals surface area contributed by atoms with Crippen molar-refractivity contribution in [1.82, 2.24) is 9.78 Å². The summed E-state index contributed by atoms with van der Waals surface area (Å²) in [6.45, 7) is 1.31. The Kier molecular flexibility index (Phi) is 5.80. The monoisotopic (exact) mass is 453 g/mol. The number of sulfonamides is 1. The summed E-state index contributed by atoms with van der Waals surface area (Å²) in [5, 5.41) is 9.15. The molecular formula is C20H15F4N3O3S. The van der Waals surface area contributed by atoms with Gasteiger partial charge in [0.25, 0.3) is 0 Å². The second-order valence-electron chi connectivity index (χ2n) is 6.23. The zero-order valence-electron chi connectivity index (χ0n) is 16.2. The van der Waals surface area contributed by atoms with Crippen molar-refractivity contribution in [2.45, 2.75) is 18.0 Å². The molecule has 0 fully saturated rings. The highest BCUT2D eigenvalue weighted by molar-refractivity contribution is 7.89. The maximum atomic E-state index is 14.3. The van der Waals surface area contributed by atoms with Crippen LogP contribution >= 0.6 is 0 Å². The van der Waals surface area contributed by atoms with Crippen LogP contribution in [0.15, 0.2) is 47.4 Å². The minimum absolute atomic E-state index is 0.176. The first-order chi connectivity index (χ1) is 14.5. The van der Waals surface area contributed by atoms with Crippen LogP contribution < -0.4 is 9.88 Å². The number of hydrogen-bond acceptors (Lipinski definition) is 4. The van der Waals surface area contributed by atoms with Gasteiger partial charge in [-0.3, -0.25) is 0 Å². The zero-order valence-corrected chi connectivity index (χ0v) is 17.0. The molecule has 2 aromatic carbocycles. The molecule has 0 radical (unpaired) electrons. The number of aromatic nitrogens is 2. The Hall–Kier alpha value is -3.36. The highest BCUT2D eigenvalue weighted by Crippen LogP contribution is 2.44. The van der Waals surface area contributed by atoms with Crippen LogP contribution in [-0.4, -0.2) is 25.3 Å². The van der Waals surface area contributed by atoms with Gasteiger partial charge in [0.2, 0.25) is 10.0 Å². The number of nitrogens with zero attached hydrogens (tertiary/aromatic N) is 2. The van der Waals surface area contributed by atoms with Crippen LogP contribution in [0.1, 0.15) is 12.6 Å². The fourth-order valence-corrected chi connectivity index (χ4v) is 3.80. The molecule has 162 valence electrons. The summed E-state index contributed by atoms with van der Waals surface area (Å²) in [4.78, 5) is -0.437. The first-order valence-corrected chi connectivity index (χ1v) is 10.1. The summed E-state index contributed by atoms with van der Waals surface area (Å²) in [5.41, 5.74) is -2.59. The highest BCUT2D eigenvalue weighted by Gasteiger charge is 2.41. The van der Waals surface area contributed by atoms with E-state index >= 15 is 0 Å². The van der Waals surface area contributed by atoms with Crippen molar-refractivity contribution < 1.29 is 30.7 Å². The van der Waals surface area contributed by atoms with Crippen molar-refractivity contribution in [3.8, 4) is 40.1 Å². The van der Waals surface area contributed by atoms with Crippen LogP contribution in [0.25, 0.3) is 22.4 Å². The standard InChI is InChI=1S/C20H15F4N3O3S/c1-3-10-27-19(20(22,23)24)17(12-8-9-15(30-2)14(21)11-12)18(26-27)13-6-4-5-7-16(13)31(25,28)29/h4-9,11H,1-2H3,(H2,25,28,29). The molecule has 0 saturated carbocycles. The molecule has 0 saturated heterocycles. The topological polar surface area (TPSA) is 87.2 Å². The molecule has 0 bridgehead atoms. The summed E-state index contributed by atoms with van der Waals surface area (Å²) < 4.78 is 85.8. The lowest BCUT2D eigenvalue weighted by Gasteiger charge is -2.12. The zero-order chi connectivity index (χ0) is 23.0. The summed E-state index contributed by atoms with van der Waals surface area (Å²) in [7, 11) is -3.10. The Morgan fingerprint density at radius 1 is 1.16 bits per heavy atom. The van der Waals surface area contributed by atoms with Crippen LogP contribution in [0.3, 0.4) is 0 Å². The summed E-state index contributed by atoms with van der Waals surface area (Å²) in [5.74, 6) is 1.24. The van der Waals surface area contributed by atoms with Crippen LogP contribution in [0, 0.1) is 17.8 Å². The van der Waals surface area contributed by atoms with Crippen molar-refractivity contribution in [3.63, 3.8) is 0 Å². The second-order valence-corrected chi connectivity index (χ2v) is 7.76. The minimum atomic E-state index is -4.95. The third-order valence-electron chi connectivity index (χ3n) is 4.26. The van der Waals surface area contributed by atoms with Crippen LogP contribution in [-0.2, 0) is 16.2 Å². The van der Waals surface area contributed by atoms with Gasteiger partial charge in [0.1, 0.15) is 5.69 Å². The molecule has 0 atom stereocenters. The predicted octanol–water partition coefficient (Wildman–Crippen LogP) is 3.86. The number of alkyl halides is 3.